The molecule has 0 aliphatic rings. The summed E-state index contributed by atoms with van der Waals surface area (Å²) in [5.74, 6) is 2.32. The summed E-state index contributed by atoms with van der Waals surface area (Å²) in [6, 6.07) is 0.0107. The molecule has 166 valence electrons. The molecule has 1 atom stereocenters. The molecule has 29 heavy (non-hydrogen) atoms. The largest absolute Gasteiger partial charge is 0.444 e. The number of carbonyl (C=O) groups excluding carboxylic acids is 1. The second kappa shape index (κ2) is 11.6. The number of guanidine groups is 1. The summed E-state index contributed by atoms with van der Waals surface area (Å²) in [5.41, 5.74) is -0.510. The number of hydrogen-bond donors (Lipinski definition) is 2. The lowest BCUT2D eigenvalue weighted by Gasteiger charge is -2.28. The number of aryl methyl sites for hydroxylation is 1. The van der Waals surface area contributed by atoms with Crippen molar-refractivity contribution in [3.8, 4) is 0 Å². The van der Waals surface area contributed by atoms with Crippen LogP contribution in [0, 0.1) is 12.8 Å². The lowest BCUT2D eigenvalue weighted by molar-refractivity contribution is 0.0486. The fraction of sp³-hybridized carbons (Fsp3) is 0.800. The van der Waals surface area contributed by atoms with Crippen LogP contribution >= 0.6 is 0 Å². The zero-order valence-corrected chi connectivity index (χ0v) is 19.2. The molecular formula is C20H38N6O3. The van der Waals surface area contributed by atoms with Crippen LogP contribution in [0.3, 0.4) is 0 Å². The first kappa shape index (κ1) is 24.7. The van der Waals surface area contributed by atoms with Gasteiger partial charge in [-0.25, -0.2) is 4.79 Å². The van der Waals surface area contributed by atoms with Gasteiger partial charge in [0.2, 0.25) is 5.89 Å². The molecule has 1 amide bonds. The summed E-state index contributed by atoms with van der Waals surface area (Å²) < 4.78 is 10.5. The third-order valence-corrected chi connectivity index (χ3v) is 4.14. The summed E-state index contributed by atoms with van der Waals surface area (Å²) in [7, 11) is 1.99. The Balaban J connectivity index is 2.60. The van der Waals surface area contributed by atoms with Crippen molar-refractivity contribution in [1.29, 1.82) is 0 Å². The lowest BCUT2D eigenvalue weighted by Crippen LogP contribution is -2.45. The van der Waals surface area contributed by atoms with Crippen LogP contribution in [0.4, 0.5) is 4.79 Å². The number of nitrogens with zero attached hydrogens (tertiary/aromatic N) is 4. The van der Waals surface area contributed by atoms with Crippen LogP contribution in [0.25, 0.3) is 0 Å². The molecule has 1 aromatic heterocycles. The average molecular weight is 411 g/mol. The second-order valence-electron chi connectivity index (χ2n) is 8.43. The van der Waals surface area contributed by atoms with Crippen molar-refractivity contribution in [3.63, 3.8) is 0 Å². The van der Waals surface area contributed by atoms with Gasteiger partial charge in [0.15, 0.2) is 11.8 Å². The molecule has 1 unspecified atom stereocenters. The van der Waals surface area contributed by atoms with Crippen molar-refractivity contribution < 1.29 is 14.1 Å². The van der Waals surface area contributed by atoms with Crippen LogP contribution in [0.1, 0.15) is 59.7 Å². The minimum Gasteiger partial charge on any atom is -0.444 e. The monoisotopic (exact) mass is 410 g/mol. The van der Waals surface area contributed by atoms with Gasteiger partial charge in [-0.15, -0.1) is 0 Å². The summed E-state index contributed by atoms with van der Waals surface area (Å²) in [6.45, 7) is 15.7. The first-order chi connectivity index (χ1) is 13.5. The second-order valence-corrected chi connectivity index (χ2v) is 8.43. The third-order valence-electron chi connectivity index (χ3n) is 4.14. The molecule has 9 nitrogen and oxygen atoms in total. The lowest BCUT2D eigenvalue weighted by atomic mass is 10.0. The Bertz CT molecular complexity index is 651. The molecule has 0 aliphatic heterocycles. The zero-order chi connectivity index (χ0) is 22.0. The summed E-state index contributed by atoms with van der Waals surface area (Å²) in [6.07, 6.45) is 0.994. The summed E-state index contributed by atoms with van der Waals surface area (Å²) in [5, 5.41) is 10.1. The van der Waals surface area contributed by atoms with E-state index < -0.39 is 5.60 Å². The number of rotatable bonds is 9. The van der Waals surface area contributed by atoms with Crippen LogP contribution in [-0.2, 0) is 11.2 Å². The van der Waals surface area contributed by atoms with Gasteiger partial charge in [0, 0.05) is 32.6 Å². The van der Waals surface area contributed by atoms with Crippen LogP contribution < -0.4 is 10.6 Å². The Morgan fingerprint density at radius 3 is 2.55 bits per heavy atom. The fourth-order valence-corrected chi connectivity index (χ4v) is 2.64. The van der Waals surface area contributed by atoms with E-state index >= 15 is 0 Å². The van der Waals surface area contributed by atoms with Gasteiger partial charge in [-0.2, -0.15) is 4.98 Å². The van der Waals surface area contributed by atoms with E-state index in [0.717, 1.165) is 25.5 Å². The number of aromatic nitrogens is 2. The Labute approximate surface area is 174 Å². The molecule has 2 N–H and O–H groups in total. The fourth-order valence-electron chi connectivity index (χ4n) is 2.64. The maximum absolute atomic E-state index is 12.1. The van der Waals surface area contributed by atoms with E-state index in [1.165, 1.54) is 0 Å². The predicted molar refractivity (Wildman–Crippen MR) is 114 cm³/mol. The van der Waals surface area contributed by atoms with Gasteiger partial charge in [0.1, 0.15) is 5.60 Å². The molecule has 1 aromatic rings. The van der Waals surface area contributed by atoms with Gasteiger partial charge in [-0.1, -0.05) is 19.0 Å². The predicted octanol–water partition coefficient (Wildman–Crippen LogP) is 2.76. The highest BCUT2D eigenvalue weighted by Crippen LogP contribution is 2.11. The molecule has 0 radical (unpaired) electrons. The normalized spacial score (nSPS) is 13.3. The Hall–Kier alpha value is -2.32. The van der Waals surface area contributed by atoms with Crippen molar-refractivity contribution in [1.82, 2.24) is 25.7 Å². The maximum atomic E-state index is 12.1. The Morgan fingerprint density at radius 1 is 1.34 bits per heavy atom. The third kappa shape index (κ3) is 10.1. The summed E-state index contributed by atoms with van der Waals surface area (Å²) >= 11 is 0. The standard InChI is InChI=1S/C20H38N6O3/c1-9-21-18(22-12-10-17-23-15(4)25-29-17)26(8)13-11-16(14(2)3)24-19(27)28-20(5,6)7/h14,16H,9-13H2,1-8H3,(H,21,22)(H,24,27). The van der Waals surface area contributed by atoms with Crippen LogP contribution in [0.15, 0.2) is 9.52 Å². The van der Waals surface area contributed by atoms with E-state index in [0.29, 0.717) is 24.7 Å². The first-order valence-electron chi connectivity index (χ1n) is 10.3. The molecule has 0 saturated carbocycles. The van der Waals surface area contributed by atoms with Gasteiger partial charge >= 0.3 is 6.09 Å². The first-order valence-corrected chi connectivity index (χ1v) is 10.3. The Morgan fingerprint density at radius 2 is 2.03 bits per heavy atom. The highest BCUT2D eigenvalue weighted by molar-refractivity contribution is 5.79. The van der Waals surface area contributed by atoms with Crippen LogP contribution in [0.5, 0.6) is 0 Å². The molecule has 1 heterocycles. The quantitative estimate of drug-likeness (QED) is 0.476. The molecule has 0 fully saturated rings. The van der Waals surface area contributed by atoms with E-state index in [1.807, 2.05) is 34.7 Å². The van der Waals surface area contributed by atoms with Gasteiger partial charge in [-0.3, -0.25) is 4.99 Å². The van der Waals surface area contributed by atoms with E-state index in [1.54, 1.807) is 6.92 Å². The number of alkyl carbamates (subject to hydrolysis) is 1. The molecule has 0 bridgehead atoms. The van der Waals surface area contributed by atoms with Gasteiger partial charge in [0.05, 0.1) is 6.54 Å². The van der Waals surface area contributed by atoms with Gasteiger partial charge < -0.3 is 24.8 Å². The SMILES string of the molecule is CCNC(=NCCc1nc(C)no1)N(C)CCC(NC(=O)OC(C)(C)C)C(C)C. The summed E-state index contributed by atoms with van der Waals surface area (Å²) in [4.78, 5) is 23.0. The molecule has 0 aliphatic carbocycles. The van der Waals surface area contributed by atoms with Crippen LogP contribution in [-0.4, -0.2) is 65.4 Å². The molecule has 0 saturated heterocycles. The number of ether oxygens (including phenoxy) is 1. The topological polar surface area (TPSA) is 105 Å². The van der Waals surface area contributed by atoms with Crippen molar-refractivity contribution in [2.45, 2.75) is 73.0 Å². The Kier molecular flexibility index (Phi) is 9.91. The van der Waals surface area contributed by atoms with Crippen LogP contribution in [0.2, 0.25) is 0 Å². The van der Waals surface area contributed by atoms with E-state index in [4.69, 9.17) is 9.26 Å². The van der Waals surface area contributed by atoms with E-state index in [-0.39, 0.29) is 18.1 Å². The molecule has 1 rings (SSSR count). The maximum Gasteiger partial charge on any atom is 0.407 e. The number of nitrogens with one attached hydrogen (secondary N) is 2. The molecular weight excluding hydrogens is 372 g/mol. The van der Waals surface area contributed by atoms with Gasteiger partial charge in [-0.05, 0) is 47.0 Å². The highest BCUT2D eigenvalue weighted by Gasteiger charge is 2.22. The van der Waals surface area contributed by atoms with Crippen molar-refractivity contribution >= 4 is 12.1 Å². The number of hydrogen-bond acceptors (Lipinski definition) is 6. The minimum atomic E-state index is -0.510. The smallest absolute Gasteiger partial charge is 0.407 e. The van der Waals surface area contributed by atoms with E-state index in [2.05, 4.69) is 44.5 Å². The number of aliphatic imine (C=N–C) groups is 1. The number of carbonyl (C=O) groups is 1. The van der Waals surface area contributed by atoms with Gasteiger partial charge in [0.25, 0.3) is 0 Å². The molecule has 9 heteroatoms. The van der Waals surface area contributed by atoms with E-state index in [9.17, 15) is 4.79 Å². The molecule has 0 aromatic carbocycles. The van der Waals surface area contributed by atoms with Crippen molar-refractivity contribution in [3.05, 3.63) is 11.7 Å². The number of amides is 1. The zero-order valence-electron chi connectivity index (χ0n) is 19.2. The highest BCUT2D eigenvalue weighted by atomic mass is 16.6. The minimum absolute atomic E-state index is 0.0107. The van der Waals surface area contributed by atoms with Crippen molar-refractivity contribution in [2.24, 2.45) is 10.9 Å². The average Bonchev–Trinajstić information content (AvgIpc) is 3.01. The van der Waals surface area contributed by atoms with Crippen molar-refractivity contribution in [2.75, 3.05) is 26.7 Å². The molecule has 0 spiro atoms.